The molecule has 4 N–H and O–H groups in total. The Labute approximate surface area is 146 Å². The molecule has 1 unspecified atom stereocenters. The molecule has 2 rings (SSSR count). The third-order valence-corrected chi connectivity index (χ3v) is 7.18. The predicted octanol–water partition coefficient (Wildman–Crippen LogP) is 3.14. The van der Waals surface area contributed by atoms with Gasteiger partial charge in [0, 0.05) is 11.4 Å². The van der Waals surface area contributed by atoms with Crippen LogP contribution in [0.3, 0.4) is 0 Å². The molecule has 0 saturated carbocycles. The summed E-state index contributed by atoms with van der Waals surface area (Å²) in [5.74, 6) is 0. The zero-order chi connectivity index (χ0) is 18.5. The Kier molecular flexibility index (Phi) is 6.37. The van der Waals surface area contributed by atoms with Gasteiger partial charge >= 0.3 is 7.60 Å². The Morgan fingerprint density at radius 3 is 2.24 bits per heavy atom. The summed E-state index contributed by atoms with van der Waals surface area (Å²) >= 11 is 0. The second-order valence-corrected chi connectivity index (χ2v) is 9.39. The Morgan fingerprint density at radius 1 is 1.00 bits per heavy atom. The van der Waals surface area contributed by atoms with Gasteiger partial charge in [-0.2, -0.15) is 8.42 Å². The van der Waals surface area contributed by atoms with Crippen molar-refractivity contribution < 1.29 is 27.3 Å². The Balaban J connectivity index is 1.99. The van der Waals surface area contributed by atoms with Gasteiger partial charge in [0.1, 0.15) is 0 Å². The number of anilines is 2. The molecule has 0 amide bonds. The fourth-order valence-corrected chi connectivity index (χ4v) is 4.84. The molecule has 136 valence electrons. The first-order chi connectivity index (χ1) is 11.7. The molecule has 0 heterocycles. The largest absolute Gasteiger partial charge is 0.356 e. The number of rotatable bonds is 8. The van der Waals surface area contributed by atoms with Crippen molar-refractivity contribution in [3.8, 4) is 0 Å². The van der Waals surface area contributed by atoms with E-state index in [4.69, 9.17) is 14.3 Å². The lowest BCUT2D eigenvalue weighted by Gasteiger charge is -2.15. The normalized spacial score (nSPS) is 13.4. The van der Waals surface area contributed by atoms with Crippen LogP contribution < -0.4 is 5.32 Å². The lowest BCUT2D eigenvalue weighted by Crippen LogP contribution is -2.20. The molecular weight excluding hydrogens is 365 g/mol. The minimum Gasteiger partial charge on any atom is -0.356 e. The summed E-state index contributed by atoms with van der Waals surface area (Å²) in [6, 6.07) is 17.0. The molecular formula is C16H20NO6PS. The molecule has 0 aliphatic heterocycles. The van der Waals surface area contributed by atoms with Crippen LogP contribution in [0.15, 0.2) is 54.6 Å². The van der Waals surface area contributed by atoms with Crippen LogP contribution in [0.25, 0.3) is 0 Å². The summed E-state index contributed by atoms with van der Waals surface area (Å²) in [4.78, 5) is 16.1. The van der Waals surface area contributed by atoms with Gasteiger partial charge in [0.2, 0.25) is 0 Å². The second-order valence-electron chi connectivity index (χ2n) is 5.64. The van der Waals surface area contributed by atoms with E-state index in [0.717, 1.165) is 16.9 Å². The molecule has 0 spiro atoms. The molecule has 1 atom stereocenters. The minimum atomic E-state index is -4.92. The maximum absolute atomic E-state index is 11.2. The van der Waals surface area contributed by atoms with Gasteiger partial charge in [0.15, 0.2) is 4.99 Å². The quantitative estimate of drug-likeness (QED) is 0.406. The van der Waals surface area contributed by atoms with Crippen molar-refractivity contribution in [2.45, 2.75) is 24.3 Å². The Hall–Kier alpha value is -1.70. The van der Waals surface area contributed by atoms with E-state index in [2.05, 4.69) is 5.32 Å². The summed E-state index contributed by atoms with van der Waals surface area (Å²) < 4.78 is 42.5. The number of benzene rings is 2. The van der Waals surface area contributed by atoms with Crippen molar-refractivity contribution in [1.29, 1.82) is 0 Å². The summed E-state index contributed by atoms with van der Waals surface area (Å²) in [7, 11) is -9.73. The first-order valence-corrected chi connectivity index (χ1v) is 10.8. The van der Waals surface area contributed by atoms with Crippen molar-refractivity contribution in [2.75, 3.05) is 5.32 Å². The van der Waals surface area contributed by atoms with Crippen LogP contribution in [0.4, 0.5) is 11.4 Å². The third-order valence-electron chi connectivity index (χ3n) is 3.62. The standard InChI is InChI=1S/C16H20NO6PS/c18-24(19,20)16(25(21,22)23)11-5-7-13-6-4-10-15(12-13)17-14-8-2-1-3-9-14/h1-4,6,8-10,12,16-17H,5,7,11H2,(H2,18,19,20)(H,21,22,23). The molecule has 0 radical (unpaired) electrons. The fourth-order valence-electron chi connectivity index (χ4n) is 2.46. The number of nitrogens with one attached hydrogen (secondary N) is 1. The van der Waals surface area contributed by atoms with E-state index < -0.39 is 22.7 Å². The van der Waals surface area contributed by atoms with Gasteiger partial charge in [0.05, 0.1) is 0 Å². The van der Waals surface area contributed by atoms with E-state index in [9.17, 15) is 13.0 Å². The SMILES string of the molecule is O=P(O)(O)C(CCCc1cccc(Nc2ccccc2)c1)S(=O)(=O)O. The average molecular weight is 385 g/mol. The fraction of sp³-hybridized carbons (Fsp3) is 0.250. The molecule has 2 aromatic carbocycles. The van der Waals surface area contributed by atoms with E-state index in [1.165, 1.54) is 0 Å². The van der Waals surface area contributed by atoms with Crippen LogP contribution >= 0.6 is 7.60 Å². The molecule has 2 aromatic rings. The molecule has 7 nitrogen and oxygen atoms in total. The monoisotopic (exact) mass is 385 g/mol. The highest BCUT2D eigenvalue weighted by Crippen LogP contribution is 2.46. The van der Waals surface area contributed by atoms with Gasteiger partial charge in [0.25, 0.3) is 10.1 Å². The van der Waals surface area contributed by atoms with Gasteiger partial charge in [-0.15, -0.1) is 0 Å². The molecule has 9 heteroatoms. The topological polar surface area (TPSA) is 124 Å². The average Bonchev–Trinajstić information content (AvgIpc) is 2.50. The Bertz CT molecular complexity index is 850. The summed E-state index contributed by atoms with van der Waals surface area (Å²) in [5, 5.41) is 3.23. The van der Waals surface area contributed by atoms with Crippen molar-refractivity contribution in [3.05, 3.63) is 60.2 Å². The highest BCUT2D eigenvalue weighted by atomic mass is 32.2. The van der Waals surface area contributed by atoms with Gasteiger partial charge in [-0.05, 0) is 49.1 Å². The maximum atomic E-state index is 11.2. The predicted molar refractivity (Wildman–Crippen MR) is 96.5 cm³/mol. The molecule has 0 fully saturated rings. The molecule has 0 saturated heterocycles. The van der Waals surface area contributed by atoms with Crippen LogP contribution in [0.5, 0.6) is 0 Å². The van der Waals surface area contributed by atoms with Gasteiger partial charge < -0.3 is 15.1 Å². The van der Waals surface area contributed by atoms with Gasteiger partial charge in [-0.1, -0.05) is 30.3 Å². The smallest absolute Gasteiger partial charge is 0.346 e. The van der Waals surface area contributed by atoms with Crippen LogP contribution in [-0.2, 0) is 21.1 Å². The molecule has 25 heavy (non-hydrogen) atoms. The van der Waals surface area contributed by atoms with E-state index in [0.29, 0.717) is 6.42 Å². The highest BCUT2D eigenvalue weighted by molar-refractivity contribution is 7.93. The lowest BCUT2D eigenvalue weighted by atomic mass is 10.1. The highest BCUT2D eigenvalue weighted by Gasteiger charge is 2.38. The summed E-state index contributed by atoms with van der Waals surface area (Å²) in [5.41, 5.74) is 2.67. The van der Waals surface area contributed by atoms with Crippen molar-refractivity contribution in [2.24, 2.45) is 0 Å². The van der Waals surface area contributed by atoms with E-state index in [1.54, 1.807) is 0 Å². The van der Waals surface area contributed by atoms with E-state index in [-0.39, 0.29) is 12.8 Å². The molecule has 0 bridgehead atoms. The zero-order valence-electron chi connectivity index (χ0n) is 13.3. The maximum Gasteiger partial charge on any atom is 0.346 e. The molecule has 0 aliphatic carbocycles. The van der Waals surface area contributed by atoms with E-state index >= 15 is 0 Å². The van der Waals surface area contributed by atoms with Crippen LogP contribution in [0.2, 0.25) is 0 Å². The minimum absolute atomic E-state index is 0.213. The van der Waals surface area contributed by atoms with Crippen molar-refractivity contribution in [1.82, 2.24) is 0 Å². The van der Waals surface area contributed by atoms with Crippen molar-refractivity contribution in [3.63, 3.8) is 0 Å². The summed E-state index contributed by atoms with van der Waals surface area (Å²) in [6.07, 6.45) is 0.320. The van der Waals surface area contributed by atoms with Crippen LogP contribution in [-0.4, -0.2) is 27.7 Å². The second kappa shape index (κ2) is 8.12. The molecule has 0 aliphatic rings. The van der Waals surface area contributed by atoms with Crippen LogP contribution in [0.1, 0.15) is 18.4 Å². The first-order valence-electron chi connectivity index (χ1n) is 7.59. The summed E-state index contributed by atoms with van der Waals surface area (Å²) in [6.45, 7) is 0. The van der Waals surface area contributed by atoms with Gasteiger partial charge in [-0.25, -0.2) is 0 Å². The molecule has 0 aromatic heterocycles. The number of para-hydroxylation sites is 1. The zero-order valence-corrected chi connectivity index (χ0v) is 15.0. The number of hydrogen-bond donors (Lipinski definition) is 4. The van der Waals surface area contributed by atoms with Crippen molar-refractivity contribution >= 4 is 29.1 Å². The lowest BCUT2D eigenvalue weighted by molar-refractivity contribution is 0.360. The van der Waals surface area contributed by atoms with Gasteiger partial charge in [-0.3, -0.25) is 9.12 Å². The number of hydrogen-bond acceptors (Lipinski definition) is 4. The Morgan fingerprint density at radius 2 is 1.64 bits per heavy atom. The van der Waals surface area contributed by atoms with E-state index in [1.807, 2.05) is 54.6 Å². The first kappa shape index (κ1) is 19.6. The third kappa shape index (κ3) is 6.26. The van der Waals surface area contributed by atoms with Crippen LogP contribution in [0, 0.1) is 0 Å². The number of aryl methyl sites for hydroxylation is 1.